The van der Waals surface area contributed by atoms with E-state index in [0.29, 0.717) is 12.3 Å². The first-order chi connectivity index (χ1) is 17.1. The Bertz CT molecular complexity index is 1050. The maximum atomic E-state index is 13.5. The average molecular weight is 469 g/mol. The Kier molecular flexibility index (Phi) is 7.31. The van der Waals surface area contributed by atoms with Crippen molar-refractivity contribution in [2.24, 2.45) is 0 Å². The molecule has 2 saturated heterocycles. The number of benzene rings is 3. The van der Waals surface area contributed by atoms with E-state index in [1.165, 1.54) is 17.5 Å². The highest BCUT2D eigenvalue weighted by molar-refractivity contribution is 5.81. The Morgan fingerprint density at radius 3 is 1.89 bits per heavy atom. The molecule has 2 aliphatic rings. The van der Waals surface area contributed by atoms with E-state index in [-0.39, 0.29) is 18.0 Å². The molecule has 2 unspecified atom stereocenters. The van der Waals surface area contributed by atoms with Gasteiger partial charge in [0.2, 0.25) is 0 Å². The molecule has 2 aliphatic heterocycles. The molecule has 35 heavy (non-hydrogen) atoms. The third-order valence-corrected chi connectivity index (χ3v) is 7.41. The number of hydrogen-bond acceptors (Lipinski definition) is 3. The summed E-state index contributed by atoms with van der Waals surface area (Å²) in [5.41, 5.74) is 4.84. The summed E-state index contributed by atoms with van der Waals surface area (Å²) in [5, 5.41) is 2.10. The molecule has 1 amide bonds. The standard InChI is InChI=1S/C31H36N2O2/c1-23(2)24-16-18-25(19-17-24)28-22-29(31(34)32-20-10-5-11-21-32)35-33(28)30(26-12-6-3-7-13-26)27-14-8-4-9-15-27/h3-4,6-9,12-19,23,28-30H,5,10-11,20-22H2,1-2H3. The van der Waals surface area contributed by atoms with Gasteiger partial charge >= 0.3 is 0 Å². The SMILES string of the molecule is CC(C)c1ccc(C2CC(C(=O)N3CCCCC3)ON2C(c2ccccc2)c2ccccc2)cc1. The normalized spacial score (nSPS) is 21.1. The third kappa shape index (κ3) is 5.19. The smallest absolute Gasteiger partial charge is 0.253 e. The van der Waals surface area contributed by atoms with Crippen molar-refractivity contribution in [2.75, 3.05) is 13.1 Å². The Morgan fingerprint density at radius 2 is 1.34 bits per heavy atom. The van der Waals surface area contributed by atoms with Crippen molar-refractivity contribution in [1.29, 1.82) is 0 Å². The maximum absolute atomic E-state index is 13.5. The molecule has 0 aliphatic carbocycles. The zero-order chi connectivity index (χ0) is 24.2. The van der Waals surface area contributed by atoms with Crippen LogP contribution in [0.4, 0.5) is 0 Å². The minimum atomic E-state index is -0.460. The monoisotopic (exact) mass is 468 g/mol. The minimum Gasteiger partial charge on any atom is -0.340 e. The zero-order valence-corrected chi connectivity index (χ0v) is 20.8. The van der Waals surface area contributed by atoms with Gasteiger partial charge in [-0.25, -0.2) is 0 Å². The molecule has 4 heteroatoms. The number of rotatable bonds is 6. The number of amides is 1. The van der Waals surface area contributed by atoms with Crippen molar-refractivity contribution < 1.29 is 9.63 Å². The van der Waals surface area contributed by atoms with E-state index in [4.69, 9.17) is 4.84 Å². The van der Waals surface area contributed by atoms with Gasteiger partial charge in [0, 0.05) is 19.5 Å². The molecule has 3 aromatic rings. The van der Waals surface area contributed by atoms with Crippen molar-refractivity contribution in [3.8, 4) is 0 Å². The summed E-state index contributed by atoms with van der Waals surface area (Å²) >= 11 is 0. The molecule has 3 aromatic carbocycles. The van der Waals surface area contributed by atoms with Gasteiger partial charge in [-0.05, 0) is 47.4 Å². The van der Waals surface area contributed by atoms with Crippen LogP contribution in [-0.4, -0.2) is 35.1 Å². The molecule has 2 heterocycles. The lowest BCUT2D eigenvalue weighted by molar-refractivity contribution is -0.194. The van der Waals surface area contributed by atoms with E-state index in [1.54, 1.807) is 0 Å². The summed E-state index contributed by atoms with van der Waals surface area (Å²) in [4.78, 5) is 22.2. The van der Waals surface area contributed by atoms with Crippen molar-refractivity contribution in [3.05, 3.63) is 107 Å². The lowest BCUT2D eigenvalue weighted by Gasteiger charge is -2.33. The average Bonchev–Trinajstić information content (AvgIpc) is 3.35. The van der Waals surface area contributed by atoms with Gasteiger partial charge in [-0.3, -0.25) is 9.63 Å². The number of carbonyl (C=O) groups excluding carboxylic acids is 1. The van der Waals surface area contributed by atoms with Gasteiger partial charge in [0.05, 0.1) is 12.1 Å². The fourth-order valence-corrected chi connectivity index (χ4v) is 5.42. The summed E-state index contributed by atoms with van der Waals surface area (Å²) < 4.78 is 0. The van der Waals surface area contributed by atoms with E-state index in [1.807, 2.05) is 17.0 Å². The lowest BCUT2D eigenvalue weighted by Crippen LogP contribution is -2.42. The highest BCUT2D eigenvalue weighted by Crippen LogP contribution is 2.44. The van der Waals surface area contributed by atoms with Gasteiger partial charge in [-0.2, -0.15) is 5.06 Å². The second kappa shape index (κ2) is 10.8. The lowest BCUT2D eigenvalue weighted by atomic mass is 9.93. The number of hydroxylamine groups is 2. The third-order valence-electron chi connectivity index (χ3n) is 7.41. The van der Waals surface area contributed by atoms with Crippen molar-refractivity contribution in [3.63, 3.8) is 0 Å². The van der Waals surface area contributed by atoms with E-state index >= 15 is 0 Å². The predicted molar refractivity (Wildman–Crippen MR) is 140 cm³/mol. The van der Waals surface area contributed by atoms with Crippen LogP contribution in [0, 0.1) is 0 Å². The first-order valence-electron chi connectivity index (χ1n) is 13.1. The molecule has 5 rings (SSSR count). The summed E-state index contributed by atoms with van der Waals surface area (Å²) in [6, 6.07) is 29.8. The van der Waals surface area contributed by atoms with E-state index in [2.05, 4.69) is 91.7 Å². The van der Waals surface area contributed by atoms with Gasteiger partial charge in [0.25, 0.3) is 5.91 Å². The number of likely N-dealkylation sites (tertiary alicyclic amines) is 1. The molecule has 2 fully saturated rings. The molecule has 2 atom stereocenters. The van der Waals surface area contributed by atoms with Gasteiger partial charge in [-0.1, -0.05) is 98.8 Å². The molecule has 0 aromatic heterocycles. The largest absolute Gasteiger partial charge is 0.340 e. The Balaban J connectivity index is 1.53. The molecule has 0 saturated carbocycles. The fraction of sp³-hybridized carbons (Fsp3) is 0.387. The summed E-state index contributed by atoms with van der Waals surface area (Å²) in [6.45, 7) is 6.11. The fourth-order valence-electron chi connectivity index (χ4n) is 5.42. The highest BCUT2D eigenvalue weighted by Gasteiger charge is 2.44. The van der Waals surface area contributed by atoms with Gasteiger partial charge < -0.3 is 4.90 Å². The van der Waals surface area contributed by atoms with E-state index < -0.39 is 6.10 Å². The number of carbonyl (C=O) groups is 1. The van der Waals surface area contributed by atoms with E-state index in [9.17, 15) is 4.79 Å². The highest BCUT2D eigenvalue weighted by atomic mass is 16.7. The van der Waals surface area contributed by atoms with Crippen LogP contribution in [-0.2, 0) is 9.63 Å². The van der Waals surface area contributed by atoms with Crippen molar-refractivity contribution in [2.45, 2.75) is 63.6 Å². The van der Waals surface area contributed by atoms with Crippen molar-refractivity contribution >= 4 is 5.91 Å². The Hall–Kier alpha value is -2.95. The number of nitrogens with zero attached hydrogens (tertiary/aromatic N) is 2. The molecule has 4 nitrogen and oxygen atoms in total. The van der Waals surface area contributed by atoms with Crippen LogP contribution >= 0.6 is 0 Å². The van der Waals surface area contributed by atoms with Gasteiger partial charge in [0.1, 0.15) is 0 Å². The van der Waals surface area contributed by atoms with Crippen LogP contribution in [0.3, 0.4) is 0 Å². The molecular formula is C31H36N2O2. The Labute approximate surface area is 209 Å². The maximum Gasteiger partial charge on any atom is 0.253 e. The number of hydrogen-bond donors (Lipinski definition) is 0. The molecule has 0 spiro atoms. The second-order valence-electron chi connectivity index (χ2n) is 10.1. The van der Waals surface area contributed by atoms with Gasteiger partial charge in [0.15, 0.2) is 6.10 Å². The van der Waals surface area contributed by atoms with Crippen LogP contribution in [0.25, 0.3) is 0 Å². The minimum absolute atomic E-state index is 0.0136. The summed E-state index contributed by atoms with van der Waals surface area (Å²) in [6.07, 6.45) is 3.57. The second-order valence-corrected chi connectivity index (χ2v) is 10.1. The zero-order valence-electron chi connectivity index (χ0n) is 20.8. The first-order valence-corrected chi connectivity index (χ1v) is 13.1. The van der Waals surface area contributed by atoms with E-state index in [0.717, 1.165) is 37.1 Å². The van der Waals surface area contributed by atoms with Crippen LogP contribution in [0.1, 0.15) is 79.8 Å². The van der Waals surface area contributed by atoms with Crippen LogP contribution in [0.5, 0.6) is 0 Å². The summed E-state index contributed by atoms with van der Waals surface area (Å²) in [5.74, 6) is 0.616. The first kappa shape index (κ1) is 23.8. The quantitative estimate of drug-likeness (QED) is 0.406. The molecular weight excluding hydrogens is 432 g/mol. The topological polar surface area (TPSA) is 32.8 Å². The Morgan fingerprint density at radius 1 is 0.771 bits per heavy atom. The van der Waals surface area contributed by atoms with Crippen LogP contribution in [0.15, 0.2) is 84.9 Å². The molecule has 0 radical (unpaired) electrons. The van der Waals surface area contributed by atoms with Crippen molar-refractivity contribution in [1.82, 2.24) is 9.96 Å². The number of piperidine rings is 1. The van der Waals surface area contributed by atoms with Crippen LogP contribution < -0.4 is 0 Å². The predicted octanol–water partition coefficient (Wildman–Crippen LogP) is 6.66. The molecule has 0 bridgehead atoms. The summed E-state index contributed by atoms with van der Waals surface area (Å²) in [7, 11) is 0. The molecule has 0 N–H and O–H groups in total. The van der Waals surface area contributed by atoms with Crippen LogP contribution in [0.2, 0.25) is 0 Å². The molecule has 182 valence electrons. The van der Waals surface area contributed by atoms with Gasteiger partial charge in [-0.15, -0.1) is 0 Å².